The lowest BCUT2D eigenvalue weighted by Gasteiger charge is -2.25. The topological polar surface area (TPSA) is 50.2 Å². The van der Waals surface area contributed by atoms with Crippen molar-refractivity contribution in [3.63, 3.8) is 0 Å². The zero-order valence-corrected chi connectivity index (χ0v) is 12.0. The first-order chi connectivity index (χ1) is 10.3. The molecule has 0 saturated heterocycles. The molecule has 3 heteroatoms. The highest BCUT2D eigenvalue weighted by Crippen LogP contribution is 2.34. The van der Waals surface area contributed by atoms with E-state index in [0.29, 0.717) is 11.5 Å². The first kappa shape index (κ1) is 13.8. The van der Waals surface area contributed by atoms with Crippen LogP contribution in [0.25, 0.3) is 0 Å². The van der Waals surface area contributed by atoms with Crippen molar-refractivity contribution in [1.82, 2.24) is 4.98 Å². The Balaban J connectivity index is 1.76. The van der Waals surface area contributed by atoms with Gasteiger partial charge < -0.3 is 5.11 Å². The molecule has 108 valence electrons. The zero-order chi connectivity index (χ0) is 14.7. The Kier molecular flexibility index (Phi) is 4.00. The molecule has 2 aromatic rings. The van der Waals surface area contributed by atoms with E-state index >= 15 is 0 Å². The molecular formula is C18H19NO2. The van der Waals surface area contributed by atoms with E-state index in [-0.39, 0.29) is 0 Å². The van der Waals surface area contributed by atoms with Gasteiger partial charge in [-0.25, -0.2) is 4.79 Å². The number of nitrogens with zero attached hydrogens (tertiary/aromatic N) is 1. The van der Waals surface area contributed by atoms with Gasteiger partial charge in [-0.15, -0.1) is 0 Å². The van der Waals surface area contributed by atoms with Gasteiger partial charge in [0.15, 0.2) is 0 Å². The minimum Gasteiger partial charge on any atom is -0.478 e. The van der Waals surface area contributed by atoms with Crippen molar-refractivity contribution in [2.45, 2.75) is 38.0 Å². The monoisotopic (exact) mass is 281 g/mol. The Morgan fingerprint density at radius 2 is 2.14 bits per heavy atom. The van der Waals surface area contributed by atoms with E-state index in [1.54, 1.807) is 18.5 Å². The molecule has 1 N–H and O–H groups in total. The van der Waals surface area contributed by atoms with E-state index in [0.717, 1.165) is 18.4 Å². The Labute approximate surface area is 124 Å². The van der Waals surface area contributed by atoms with Crippen LogP contribution in [-0.4, -0.2) is 16.1 Å². The predicted octanol–water partition coefficient (Wildman–Crippen LogP) is 3.83. The van der Waals surface area contributed by atoms with E-state index in [9.17, 15) is 9.90 Å². The third-order valence-corrected chi connectivity index (χ3v) is 4.39. The number of aryl methyl sites for hydroxylation is 2. The summed E-state index contributed by atoms with van der Waals surface area (Å²) < 4.78 is 0. The highest BCUT2D eigenvalue weighted by molar-refractivity contribution is 5.89. The summed E-state index contributed by atoms with van der Waals surface area (Å²) in [5.41, 5.74) is 4.13. The maximum atomic E-state index is 11.2. The summed E-state index contributed by atoms with van der Waals surface area (Å²) in [4.78, 5) is 15.3. The van der Waals surface area contributed by atoms with E-state index < -0.39 is 5.97 Å². The van der Waals surface area contributed by atoms with Crippen LogP contribution >= 0.6 is 0 Å². The van der Waals surface area contributed by atoms with Gasteiger partial charge >= 0.3 is 5.97 Å². The largest absolute Gasteiger partial charge is 0.478 e. The van der Waals surface area contributed by atoms with Gasteiger partial charge in [0.1, 0.15) is 0 Å². The lowest BCUT2D eigenvalue weighted by atomic mass is 9.80. The first-order valence-electron chi connectivity index (χ1n) is 7.49. The lowest BCUT2D eigenvalue weighted by Crippen LogP contribution is -2.11. The Hall–Kier alpha value is -2.16. The van der Waals surface area contributed by atoms with E-state index in [1.165, 1.54) is 30.4 Å². The predicted molar refractivity (Wildman–Crippen MR) is 81.6 cm³/mol. The van der Waals surface area contributed by atoms with Gasteiger partial charge in [0, 0.05) is 12.4 Å². The number of carboxylic acid groups (broad SMARTS) is 1. The van der Waals surface area contributed by atoms with Crippen molar-refractivity contribution < 1.29 is 9.90 Å². The average Bonchev–Trinajstić information content (AvgIpc) is 2.53. The fourth-order valence-electron chi connectivity index (χ4n) is 3.32. The number of benzene rings is 1. The molecule has 1 aromatic heterocycles. The van der Waals surface area contributed by atoms with Crippen LogP contribution in [0.2, 0.25) is 0 Å². The molecule has 0 fully saturated rings. The van der Waals surface area contributed by atoms with Crippen LogP contribution in [0.1, 0.15) is 52.2 Å². The summed E-state index contributed by atoms with van der Waals surface area (Å²) in [7, 11) is 0. The van der Waals surface area contributed by atoms with Crippen LogP contribution in [0.15, 0.2) is 42.7 Å². The fourth-order valence-corrected chi connectivity index (χ4v) is 3.32. The Bertz CT molecular complexity index is 651. The van der Waals surface area contributed by atoms with Crippen LogP contribution in [0, 0.1) is 0 Å². The highest BCUT2D eigenvalue weighted by atomic mass is 16.4. The number of hydrogen-bond acceptors (Lipinski definition) is 2. The van der Waals surface area contributed by atoms with E-state index in [1.807, 2.05) is 0 Å². The number of rotatable bonds is 4. The normalized spacial score (nSPS) is 17.2. The van der Waals surface area contributed by atoms with E-state index in [2.05, 4.69) is 29.2 Å². The van der Waals surface area contributed by atoms with Gasteiger partial charge in [0.2, 0.25) is 0 Å². The fraction of sp³-hybridized carbons (Fsp3) is 0.333. The molecule has 0 spiro atoms. The smallest absolute Gasteiger partial charge is 0.336 e. The van der Waals surface area contributed by atoms with Crippen LogP contribution in [0.4, 0.5) is 0 Å². The molecule has 0 radical (unpaired) electrons. The number of carboxylic acids is 1. The number of aromatic nitrogens is 1. The van der Waals surface area contributed by atoms with Gasteiger partial charge in [-0.2, -0.15) is 0 Å². The molecule has 1 aromatic carbocycles. The molecule has 1 aliphatic carbocycles. The molecule has 21 heavy (non-hydrogen) atoms. The minimum atomic E-state index is -0.864. The van der Waals surface area contributed by atoms with Crippen molar-refractivity contribution in [3.8, 4) is 0 Å². The maximum absolute atomic E-state index is 11.2. The standard InChI is InChI=1S/C18H19NO2/c20-18(21)17-10-11-19-12-15(17)9-8-14-6-3-5-13-4-1-2-7-16(13)14/h1-2,4,7,10-12,14H,3,5-6,8-9H2,(H,20,21)/t14-/m0/s1. The average molecular weight is 281 g/mol. The molecule has 0 aliphatic heterocycles. The van der Waals surface area contributed by atoms with E-state index in [4.69, 9.17) is 0 Å². The molecule has 0 bridgehead atoms. The Morgan fingerprint density at radius 3 is 3.00 bits per heavy atom. The molecule has 1 atom stereocenters. The number of pyridine rings is 1. The summed E-state index contributed by atoms with van der Waals surface area (Å²) >= 11 is 0. The third-order valence-electron chi connectivity index (χ3n) is 4.39. The molecule has 0 amide bonds. The number of aromatic carboxylic acids is 1. The summed E-state index contributed by atoms with van der Waals surface area (Å²) in [6.45, 7) is 0. The third kappa shape index (κ3) is 2.97. The van der Waals surface area contributed by atoms with Gasteiger partial charge in [0.25, 0.3) is 0 Å². The second-order valence-electron chi connectivity index (χ2n) is 5.66. The van der Waals surface area contributed by atoms with Gasteiger partial charge in [-0.3, -0.25) is 4.98 Å². The van der Waals surface area contributed by atoms with Crippen molar-refractivity contribution >= 4 is 5.97 Å². The number of carbonyl (C=O) groups is 1. The zero-order valence-electron chi connectivity index (χ0n) is 12.0. The SMILES string of the molecule is O=C(O)c1ccncc1CC[C@@H]1CCCc2ccccc21. The van der Waals surface area contributed by atoms with Crippen molar-refractivity contribution in [2.24, 2.45) is 0 Å². The van der Waals surface area contributed by atoms with Crippen LogP contribution in [-0.2, 0) is 12.8 Å². The maximum Gasteiger partial charge on any atom is 0.336 e. The molecule has 1 aliphatic rings. The molecule has 0 unspecified atom stereocenters. The minimum absolute atomic E-state index is 0.383. The molecule has 1 heterocycles. The number of hydrogen-bond donors (Lipinski definition) is 1. The lowest BCUT2D eigenvalue weighted by molar-refractivity contribution is 0.0695. The summed E-state index contributed by atoms with van der Waals surface area (Å²) in [6, 6.07) is 10.2. The van der Waals surface area contributed by atoms with Crippen molar-refractivity contribution in [2.75, 3.05) is 0 Å². The van der Waals surface area contributed by atoms with Crippen LogP contribution < -0.4 is 0 Å². The number of fused-ring (bicyclic) bond motifs is 1. The van der Waals surface area contributed by atoms with Gasteiger partial charge in [0.05, 0.1) is 5.56 Å². The van der Waals surface area contributed by atoms with Crippen molar-refractivity contribution in [3.05, 3.63) is 65.0 Å². The quantitative estimate of drug-likeness (QED) is 0.926. The Morgan fingerprint density at radius 1 is 1.29 bits per heavy atom. The summed E-state index contributed by atoms with van der Waals surface area (Å²) in [6.07, 6.45) is 8.58. The van der Waals surface area contributed by atoms with Gasteiger partial charge in [-0.1, -0.05) is 24.3 Å². The summed E-state index contributed by atoms with van der Waals surface area (Å²) in [5.74, 6) is -0.326. The first-order valence-corrected chi connectivity index (χ1v) is 7.49. The highest BCUT2D eigenvalue weighted by Gasteiger charge is 2.20. The van der Waals surface area contributed by atoms with Gasteiger partial charge in [-0.05, 0) is 60.8 Å². The molecule has 3 rings (SSSR count). The van der Waals surface area contributed by atoms with Crippen LogP contribution in [0.3, 0.4) is 0 Å². The summed E-state index contributed by atoms with van der Waals surface area (Å²) in [5, 5.41) is 9.23. The second kappa shape index (κ2) is 6.08. The molecule has 3 nitrogen and oxygen atoms in total. The molecule has 0 saturated carbocycles. The van der Waals surface area contributed by atoms with Crippen LogP contribution in [0.5, 0.6) is 0 Å². The second-order valence-corrected chi connectivity index (χ2v) is 5.66. The molecular weight excluding hydrogens is 262 g/mol. The van der Waals surface area contributed by atoms with Crippen molar-refractivity contribution in [1.29, 1.82) is 0 Å².